The molecule has 0 saturated carbocycles. The number of benzene rings is 5. The molecule has 280 valence electrons. The van der Waals surface area contributed by atoms with Gasteiger partial charge in [0, 0.05) is 32.7 Å². The van der Waals surface area contributed by atoms with E-state index in [0.717, 1.165) is 33.0 Å². The van der Waals surface area contributed by atoms with E-state index in [2.05, 4.69) is 85.1 Å². The number of hydrogen-bond acceptors (Lipinski definition) is 12. The number of methoxy groups -OCH3 is 2. The third-order valence-electron chi connectivity index (χ3n) is 8.66. The summed E-state index contributed by atoms with van der Waals surface area (Å²) < 4.78 is 17.5. The third kappa shape index (κ3) is 8.60. The van der Waals surface area contributed by atoms with Crippen molar-refractivity contribution in [1.29, 1.82) is 0 Å². The Balaban J connectivity index is 1.47. The summed E-state index contributed by atoms with van der Waals surface area (Å²) in [5, 5.41) is 7.03. The van der Waals surface area contributed by atoms with Gasteiger partial charge in [-0.3, -0.25) is 0 Å². The van der Waals surface area contributed by atoms with Gasteiger partial charge in [0.15, 0.2) is 0 Å². The molecule has 56 heavy (non-hydrogen) atoms. The standard InChI is InChI=1S/C44H32O4S8/c1-47-37(45)29-17-11-25(12-18-29)7-9-27-15-21-31-33(23-27)35(39-53-41(49-3)42(50-4)54-39)32-22-16-28(10-8-26-13-19-30(20-14-26)38(46)48-2)24-34(32)36(31)40-55-43(51-5)44(52-6)56-40/h11-24H,1-6H3. The molecule has 0 N–H and O–H groups in total. The molecule has 0 aromatic heterocycles. The molecule has 0 bridgehead atoms. The highest BCUT2D eigenvalue weighted by Crippen LogP contribution is 2.58. The van der Waals surface area contributed by atoms with E-state index in [4.69, 9.17) is 9.47 Å². The summed E-state index contributed by atoms with van der Waals surface area (Å²) in [5.41, 5.74) is 4.42. The maximum absolute atomic E-state index is 12.0. The van der Waals surface area contributed by atoms with Gasteiger partial charge >= 0.3 is 11.9 Å². The van der Waals surface area contributed by atoms with E-state index in [1.807, 2.05) is 71.3 Å². The number of esters is 2. The summed E-state index contributed by atoms with van der Waals surface area (Å²) in [6.07, 6.45) is 8.58. The Hall–Kier alpha value is -3.30. The summed E-state index contributed by atoms with van der Waals surface area (Å²) in [4.78, 5) is 24.0. The predicted octanol–water partition coefficient (Wildman–Crippen LogP) is 11.2. The Labute approximate surface area is 360 Å². The van der Waals surface area contributed by atoms with Crippen molar-refractivity contribution in [3.63, 3.8) is 0 Å². The van der Waals surface area contributed by atoms with E-state index in [-0.39, 0.29) is 11.9 Å². The van der Waals surface area contributed by atoms with Crippen molar-refractivity contribution in [2.45, 2.75) is 0 Å². The number of thioether (sulfide) groups is 8. The van der Waals surface area contributed by atoms with E-state index >= 15 is 0 Å². The number of rotatable bonds is 6. The van der Waals surface area contributed by atoms with Gasteiger partial charge in [-0.05, 0) is 119 Å². The van der Waals surface area contributed by atoms with E-state index < -0.39 is 0 Å². The molecule has 2 aliphatic rings. The number of ether oxygens (including phenoxy) is 2. The monoisotopic (exact) mass is 880 g/mol. The van der Waals surface area contributed by atoms with E-state index in [1.165, 1.54) is 60.9 Å². The molecule has 2 heterocycles. The first-order valence-corrected chi connectivity index (χ1v) is 25.0. The molecule has 0 fully saturated rings. The lowest BCUT2D eigenvalue weighted by Crippen LogP contribution is -2.17. The van der Waals surface area contributed by atoms with Crippen molar-refractivity contribution in [2.75, 3.05) is 39.2 Å². The fourth-order valence-electron chi connectivity index (χ4n) is 5.98. The van der Waals surface area contributed by atoms with Gasteiger partial charge < -0.3 is 9.47 Å². The first-order chi connectivity index (χ1) is 27.3. The minimum Gasteiger partial charge on any atom is -0.465 e. The van der Waals surface area contributed by atoms with Gasteiger partial charge in [0.25, 0.3) is 0 Å². The summed E-state index contributed by atoms with van der Waals surface area (Å²) in [7, 11) is 2.76. The molecule has 0 aliphatic carbocycles. The van der Waals surface area contributed by atoms with Crippen LogP contribution in [0.5, 0.6) is 0 Å². The molecule has 0 radical (unpaired) electrons. The van der Waals surface area contributed by atoms with Crippen molar-refractivity contribution in [2.24, 2.45) is 0 Å². The van der Waals surface area contributed by atoms with Gasteiger partial charge in [0.05, 0.1) is 50.8 Å². The fourth-order valence-corrected chi connectivity index (χ4v) is 16.2. The lowest BCUT2D eigenvalue weighted by molar-refractivity contribution is 0.0592. The first-order valence-electron chi connectivity index (χ1n) is 16.8. The largest absolute Gasteiger partial charge is 0.465 e. The maximum atomic E-state index is 12.0. The zero-order chi connectivity index (χ0) is 39.3. The number of hydrogen-bond donors (Lipinski definition) is 0. The molecule has 5 aromatic rings. The maximum Gasteiger partial charge on any atom is 0.337 e. The Bertz CT molecular complexity index is 2520. The Morgan fingerprint density at radius 2 is 0.750 bits per heavy atom. The summed E-state index contributed by atoms with van der Waals surface area (Å²) in [6.45, 7) is 0. The minimum atomic E-state index is -0.370. The minimum absolute atomic E-state index is 0.370. The highest BCUT2D eigenvalue weighted by atomic mass is 32.3. The molecular weight excluding hydrogens is 849 g/mol. The molecule has 0 saturated heterocycles. The highest BCUT2D eigenvalue weighted by molar-refractivity contribution is 8.46. The zero-order valence-electron chi connectivity index (χ0n) is 31.0. The van der Waals surface area contributed by atoms with Crippen molar-refractivity contribution >= 4 is 136 Å². The average Bonchev–Trinajstić information content (AvgIpc) is 3.87. The van der Waals surface area contributed by atoms with Gasteiger partial charge in [-0.2, -0.15) is 0 Å². The summed E-state index contributed by atoms with van der Waals surface area (Å²) in [5.74, 6) is 12.7. The lowest BCUT2D eigenvalue weighted by Gasteiger charge is -2.12. The fraction of sp³-hybridized carbons (Fsp3) is 0.136. The molecule has 0 unspecified atom stereocenters. The van der Waals surface area contributed by atoms with Crippen molar-refractivity contribution < 1.29 is 19.1 Å². The first kappa shape index (κ1) is 40.9. The zero-order valence-corrected chi connectivity index (χ0v) is 37.5. The van der Waals surface area contributed by atoms with E-state index in [9.17, 15) is 9.59 Å². The predicted molar refractivity (Wildman–Crippen MR) is 254 cm³/mol. The topological polar surface area (TPSA) is 52.6 Å². The van der Waals surface area contributed by atoms with Crippen molar-refractivity contribution in [3.05, 3.63) is 146 Å². The summed E-state index contributed by atoms with van der Waals surface area (Å²) >= 11 is 14.5. The number of fused-ring (bicyclic) bond motifs is 2. The van der Waals surface area contributed by atoms with Crippen LogP contribution in [0, 0.1) is 23.7 Å². The van der Waals surface area contributed by atoms with E-state index in [0.29, 0.717) is 11.1 Å². The highest BCUT2D eigenvalue weighted by Gasteiger charge is 2.26. The van der Waals surface area contributed by atoms with Crippen LogP contribution in [-0.4, -0.2) is 51.2 Å². The number of carbonyl (C=O) groups excluding carboxylic acids is 2. The van der Waals surface area contributed by atoms with Crippen LogP contribution in [0.3, 0.4) is 0 Å². The van der Waals surface area contributed by atoms with Crippen LogP contribution in [0.1, 0.15) is 43.0 Å². The third-order valence-corrected chi connectivity index (χ3v) is 19.1. The van der Waals surface area contributed by atoms with Crippen molar-refractivity contribution in [1.82, 2.24) is 0 Å². The molecule has 0 atom stereocenters. The molecule has 5 aromatic carbocycles. The van der Waals surface area contributed by atoms with Gasteiger partial charge in [-0.15, -0.1) is 47.0 Å². The Kier molecular flexibility index (Phi) is 13.5. The molecule has 0 amide bonds. The van der Waals surface area contributed by atoms with Crippen molar-refractivity contribution in [3.8, 4) is 23.7 Å². The average molecular weight is 881 g/mol. The molecular formula is C44H32O4S8. The molecule has 7 rings (SSSR count). The quantitative estimate of drug-likeness (QED) is 0.0927. The molecule has 2 aliphatic heterocycles. The molecule has 4 nitrogen and oxygen atoms in total. The lowest BCUT2D eigenvalue weighted by atomic mass is 9.96. The number of carbonyl (C=O) groups is 2. The van der Waals surface area contributed by atoms with Crippen LogP contribution in [0.2, 0.25) is 0 Å². The van der Waals surface area contributed by atoms with Crippen LogP contribution in [-0.2, 0) is 9.47 Å². The van der Waals surface area contributed by atoms with Crippen LogP contribution in [0.25, 0.3) is 30.0 Å². The van der Waals surface area contributed by atoms with Crippen LogP contribution >= 0.6 is 94.1 Å². The van der Waals surface area contributed by atoms with Gasteiger partial charge in [0.2, 0.25) is 0 Å². The second kappa shape index (κ2) is 18.5. The second-order valence-corrected chi connectivity index (χ2v) is 20.8. The summed E-state index contributed by atoms with van der Waals surface area (Å²) in [6, 6.07) is 27.5. The normalized spacial score (nSPS) is 13.9. The van der Waals surface area contributed by atoms with Crippen LogP contribution < -0.4 is 10.4 Å². The van der Waals surface area contributed by atoms with E-state index in [1.54, 1.807) is 71.3 Å². The second-order valence-electron chi connectivity index (χ2n) is 11.9. The van der Waals surface area contributed by atoms with Gasteiger partial charge in [0.1, 0.15) is 0 Å². The Morgan fingerprint density at radius 3 is 1.05 bits per heavy atom. The van der Waals surface area contributed by atoms with Gasteiger partial charge in [-0.25, -0.2) is 9.59 Å². The SMILES string of the molecule is COC(=O)c1ccc(C#Cc2ccc3c(=C4SC(SC)=C(SC)S4)c4cc(C#Cc5ccc(C(=O)OC)cc5)ccc4c(=C4SC(SC)=C(SC)S4)c3c2)cc1. The molecule has 0 spiro atoms. The Morgan fingerprint density at radius 1 is 0.446 bits per heavy atom. The van der Waals surface area contributed by atoms with Gasteiger partial charge in [-0.1, -0.05) is 82.9 Å². The van der Waals surface area contributed by atoms with Crippen LogP contribution in [0.4, 0.5) is 0 Å². The molecule has 12 heteroatoms. The smallest absolute Gasteiger partial charge is 0.337 e. The van der Waals surface area contributed by atoms with Crippen LogP contribution in [0.15, 0.2) is 102 Å².